The molecular formula is C14H16ClN3O2S. The van der Waals surface area contributed by atoms with Gasteiger partial charge in [-0.2, -0.15) is 4.31 Å². The summed E-state index contributed by atoms with van der Waals surface area (Å²) in [4.78, 5) is 7.97. The first-order valence-electron chi connectivity index (χ1n) is 6.43. The van der Waals surface area contributed by atoms with Crippen molar-refractivity contribution in [3.8, 4) is 0 Å². The van der Waals surface area contributed by atoms with Crippen LogP contribution in [0.15, 0.2) is 47.8 Å². The van der Waals surface area contributed by atoms with E-state index < -0.39 is 10.0 Å². The van der Waals surface area contributed by atoms with Crippen molar-refractivity contribution < 1.29 is 8.42 Å². The lowest BCUT2D eigenvalue weighted by molar-refractivity contribution is 0.347. The van der Waals surface area contributed by atoms with Gasteiger partial charge < -0.3 is 0 Å². The molecule has 0 bridgehead atoms. The van der Waals surface area contributed by atoms with Crippen LogP contribution in [0.25, 0.3) is 0 Å². The lowest BCUT2D eigenvalue weighted by atomic mass is 10.2. The van der Waals surface area contributed by atoms with Crippen molar-refractivity contribution in [2.24, 2.45) is 0 Å². The van der Waals surface area contributed by atoms with Gasteiger partial charge in [0.2, 0.25) is 10.0 Å². The minimum Gasteiger partial charge on any atom is -0.264 e. The molecule has 0 unspecified atom stereocenters. The van der Waals surface area contributed by atoms with Crippen LogP contribution in [-0.2, 0) is 16.6 Å². The van der Waals surface area contributed by atoms with Crippen molar-refractivity contribution in [1.82, 2.24) is 14.3 Å². The predicted octanol–water partition coefficient (Wildman–Crippen LogP) is 2.73. The molecule has 0 saturated carbocycles. The van der Waals surface area contributed by atoms with E-state index in [1.807, 2.05) is 19.9 Å². The standard InChI is InChI=1S/C14H16ClN3O2S/c1-11(2)18(10-12-4-3-6-16-9-12)21(19,20)13-5-7-17-14(15)8-13/h3-9,11H,10H2,1-2H3. The van der Waals surface area contributed by atoms with Gasteiger partial charge in [-0.3, -0.25) is 4.98 Å². The third kappa shape index (κ3) is 3.78. The van der Waals surface area contributed by atoms with Crippen LogP contribution < -0.4 is 0 Å². The molecule has 0 saturated heterocycles. The highest BCUT2D eigenvalue weighted by Gasteiger charge is 2.27. The summed E-state index contributed by atoms with van der Waals surface area (Å²) >= 11 is 5.79. The zero-order valence-electron chi connectivity index (χ0n) is 11.8. The first-order chi connectivity index (χ1) is 9.91. The Bertz CT molecular complexity index is 705. The Hall–Kier alpha value is -1.50. The Labute approximate surface area is 129 Å². The SMILES string of the molecule is CC(C)N(Cc1cccnc1)S(=O)(=O)c1ccnc(Cl)c1. The van der Waals surface area contributed by atoms with Crippen LogP contribution in [0.1, 0.15) is 19.4 Å². The first-order valence-corrected chi connectivity index (χ1v) is 8.25. The Kier molecular flexibility index (Phi) is 4.92. The maximum atomic E-state index is 12.7. The molecule has 0 aliphatic rings. The van der Waals surface area contributed by atoms with E-state index in [1.165, 1.54) is 22.6 Å². The summed E-state index contributed by atoms with van der Waals surface area (Å²) in [6, 6.07) is 6.23. The molecule has 0 amide bonds. The molecule has 7 heteroatoms. The highest BCUT2D eigenvalue weighted by molar-refractivity contribution is 7.89. The van der Waals surface area contributed by atoms with Crippen LogP contribution in [-0.4, -0.2) is 28.7 Å². The summed E-state index contributed by atoms with van der Waals surface area (Å²) in [5.74, 6) is 0. The Morgan fingerprint density at radius 2 is 2.05 bits per heavy atom. The van der Waals surface area contributed by atoms with Crippen LogP contribution in [0.3, 0.4) is 0 Å². The molecule has 0 radical (unpaired) electrons. The van der Waals surface area contributed by atoms with Crippen molar-refractivity contribution in [3.05, 3.63) is 53.6 Å². The summed E-state index contributed by atoms with van der Waals surface area (Å²) in [5, 5.41) is 0.154. The van der Waals surface area contributed by atoms with Gasteiger partial charge in [0.05, 0.1) is 4.90 Å². The normalized spacial score (nSPS) is 12.0. The quantitative estimate of drug-likeness (QED) is 0.793. The van der Waals surface area contributed by atoms with E-state index in [1.54, 1.807) is 18.5 Å². The average molecular weight is 326 g/mol. The molecule has 0 atom stereocenters. The van der Waals surface area contributed by atoms with Crippen LogP contribution in [0.4, 0.5) is 0 Å². The van der Waals surface area contributed by atoms with E-state index in [-0.39, 0.29) is 22.6 Å². The van der Waals surface area contributed by atoms with Crippen LogP contribution in [0.2, 0.25) is 5.15 Å². The van der Waals surface area contributed by atoms with Crippen LogP contribution in [0.5, 0.6) is 0 Å². The van der Waals surface area contributed by atoms with E-state index in [0.717, 1.165) is 5.56 Å². The van der Waals surface area contributed by atoms with Crippen LogP contribution >= 0.6 is 11.6 Å². The number of nitrogens with zero attached hydrogens (tertiary/aromatic N) is 3. The molecule has 0 aromatic carbocycles. The summed E-state index contributed by atoms with van der Waals surface area (Å²) in [6.07, 6.45) is 4.70. The van der Waals surface area contributed by atoms with E-state index in [9.17, 15) is 8.42 Å². The fourth-order valence-corrected chi connectivity index (χ4v) is 3.77. The van der Waals surface area contributed by atoms with Gasteiger partial charge >= 0.3 is 0 Å². The molecular weight excluding hydrogens is 310 g/mol. The third-order valence-corrected chi connectivity index (χ3v) is 5.17. The largest absolute Gasteiger partial charge is 0.264 e. The molecule has 0 aliphatic heterocycles. The fourth-order valence-electron chi connectivity index (χ4n) is 1.90. The molecule has 0 N–H and O–H groups in total. The Morgan fingerprint density at radius 3 is 2.62 bits per heavy atom. The molecule has 2 heterocycles. The lowest BCUT2D eigenvalue weighted by Gasteiger charge is -2.25. The molecule has 0 fully saturated rings. The smallest absolute Gasteiger partial charge is 0.243 e. The molecule has 21 heavy (non-hydrogen) atoms. The number of hydrogen-bond acceptors (Lipinski definition) is 4. The Morgan fingerprint density at radius 1 is 1.29 bits per heavy atom. The second-order valence-electron chi connectivity index (χ2n) is 4.82. The van der Waals surface area contributed by atoms with Crippen molar-refractivity contribution in [1.29, 1.82) is 0 Å². The second kappa shape index (κ2) is 6.51. The summed E-state index contributed by atoms with van der Waals surface area (Å²) in [7, 11) is -3.64. The first kappa shape index (κ1) is 15.9. The molecule has 112 valence electrons. The topological polar surface area (TPSA) is 63.2 Å². The van der Waals surface area contributed by atoms with Gasteiger partial charge in [-0.1, -0.05) is 17.7 Å². The fraction of sp³-hybridized carbons (Fsp3) is 0.286. The Balaban J connectivity index is 2.37. The second-order valence-corrected chi connectivity index (χ2v) is 7.10. The number of pyridine rings is 2. The maximum absolute atomic E-state index is 12.7. The van der Waals surface area contributed by atoms with Crippen molar-refractivity contribution >= 4 is 21.6 Å². The third-order valence-electron chi connectivity index (χ3n) is 2.94. The lowest BCUT2D eigenvalue weighted by Crippen LogP contribution is -2.36. The minimum atomic E-state index is -3.64. The number of aromatic nitrogens is 2. The monoisotopic (exact) mass is 325 g/mol. The molecule has 0 spiro atoms. The molecule has 2 aromatic heterocycles. The average Bonchev–Trinajstić information content (AvgIpc) is 2.45. The van der Waals surface area contributed by atoms with E-state index >= 15 is 0 Å². The van der Waals surface area contributed by atoms with Gasteiger partial charge in [0, 0.05) is 31.2 Å². The summed E-state index contributed by atoms with van der Waals surface area (Å²) < 4.78 is 26.9. The molecule has 0 aliphatic carbocycles. The van der Waals surface area contributed by atoms with Crippen LogP contribution in [0, 0.1) is 0 Å². The zero-order valence-corrected chi connectivity index (χ0v) is 13.3. The van der Waals surface area contributed by atoms with Gasteiger partial charge in [0.15, 0.2) is 0 Å². The van der Waals surface area contributed by atoms with E-state index in [4.69, 9.17) is 11.6 Å². The van der Waals surface area contributed by atoms with Gasteiger partial charge in [-0.05, 0) is 37.6 Å². The van der Waals surface area contributed by atoms with Gasteiger partial charge in [-0.25, -0.2) is 13.4 Å². The maximum Gasteiger partial charge on any atom is 0.243 e. The number of halogens is 1. The van der Waals surface area contributed by atoms with Crippen molar-refractivity contribution in [2.45, 2.75) is 31.3 Å². The molecule has 2 rings (SSSR count). The van der Waals surface area contributed by atoms with E-state index in [2.05, 4.69) is 9.97 Å². The minimum absolute atomic E-state index is 0.139. The highest BCUT2D eigenvalue weighted by Crippen LogP contribution is 2.22. The summed E-state index contributed by atoms with van der Waals surface area (Å²) in [5.41, 5.74) is 0.829. The molecule has 2 aromatic rings. The van der Waals surface area contributed by atoms with Gasteiger partial charge in [-0.15, -0.1) is 0 Å². The van der Waals surface area contributed by atoms with Crippen molar-refractivity contribution in [2.75, 3.05) is 0 Å². The predicted molar refractivity (Wildman–Crippen MR) is 81.3 cm³/mol. The summed E-state index contributed by atoms with van der Waals surface area (Å²) in [6.45, 7) is 3.92. The molecule has 5 nitrogen and oxygen atoms in total. The number of hydrogen-bond donors (Lipinski definition) is 0. The van der Waals surface area contributed by atoms with Gasteiger partial charge in [0.1, 0.15) is 5.15 Å². The zero-order chi connectivity index (χ0) is 15.5. The van der Waals surface area contributed by atoms with Crippen molar-refractivity contribution in [3.63, 3.8) is 0 Å². The van der Waals surface area contributed by atoms with E-state index in [0.29, 0.717) is 0 Å². The van der Waals surface area contributed by atoms with Gasteiger partial charge in [0.25, 0.3) is 0 Å². The highest BCUT2D eigenvalue weighted by atomic mass is 35.5. The number of rotatable bonds is 5. The number of sulfonamides is 1.